The molecule has 0 saturated carbocycles. The number of rotatable bonds is 6. The van der Waals surface area contributed by atoms with Gasteiger partial charge < -0.3 is 15.7 Å². The first-order chi connectivity index (χ1) is 9.34. The predicted octanol–water partition coefficient (Wildman–Crippen LogP) is 3.06. The number of carboxylic acids is 1. The Morgan fingerprint density at radius 3 is 2.35 bits per heavy atom. The minimum absolute atomic E-state index is 0.145. The zero-order valence-electron chi connectivity index (χ0n) is 12.3. The summed E-state index contributed by atoms with van der Waals surface area (Å²) in [5.41, 5.74) is -1.20. The van der Waals surface area contributed by atoms with E-state index in [-0.39, 0.29) is 6.04 Å². The number of amides is 2. The lowest BCUT2D eigenvalue weighted by Crippen LogP contribution is -2.56. The molecule has 0 saturated heterocycles. The smallest absolute Gasteiger partial charge is 0.329 e. The molecule has 1 atom stereocenters. The maximum absolute atomic E-state index is 12.0. The van der Waals surface area contributed by atoms with E-state index < -0.39 is 17.5 Å². The summed E-state index contributed by atoms with van der Waals surface area (Å²) < 4.78 is 0. The molecule has 0 aliphatic rings. The SMILES string of the molecule is CCC(CC)(NC(=O)NC(C)c1ccc(C)s1)C(=O)O. The summed E-state index contributed by atoms with van der Waals surface area (Å²) in [4.78, 5) is 25.6. The molecule has 0 bridgehead atoms. The van der Waals surface area contributed by atoms with Crippen LogP contribution in [0.15, 0.2) is 12.1 Å². The highest BCUT2D eigenvalue weighted by atomic mass is 32.1. The van der Waals surface area contributed by atoms with Crippen LogP contribution in [0.2, 0.25) is 0 Å². The lowest BCUT2D eigenvalue weighted by Gasteiger charge is -2.28. The number of aryl methyl sites for hydroxylation is 1. The van der Waals surface area contributed by atoms with Gasteiger partial charge in [-0.2, -0.15) is 0 Å². The summed E-state index contributed by atoms with van der Waals surface area (Å²) in [6.07, 6.45) is 0.692. The molecule has 0 aliphatic carbocycles. The van der Waals surface area contributed by atoms with Crippen LogP contribution in [0.3, 0.4) is 0 Å². The minimum Gasteiger partial charge on any atom is -0.480 e. The first-order valence-electron chi connectivity index (χ1n) is 6.73. The number of nitrogens with one attached hydrogen (secondary N) is 2. The maximum Gasteiger partial charge on any atom is 0.329 e. The largest absolute Gasteiger partial charge is 0.480 e. The van der Waals surface area contributed by atoms with Gasteiger partial charge >= 0.3 is 12.0 Å². The summed E-state index contributed by atoms with van der Waals surface area (Å²) in [7, 11) is 0. The van der Waals surface area contributed by atoms with Gasteiger partial charge in [0, 0.05) is 9.75 Å². The number of thiophene rings is 1. The summed E-state index contributed by atoms with van der Waals surface area (Å²) in [5, 5.41) is 14.7. The molecule has 0 aliphatic heterocycles. The second kappa shape index (κ2) is 6.74. The summed E-state index contributed by atoms with van der Waals surface area (Å²) in [5.74, 6) is -1.00. The van der Waals surface area contributed by atoms with Gasteiger partial charge in [0.05, 0.1) is 6.04 Å². The standard InChI is InChI=1S/C14H22N2O3S/c1-5-14(6-2,12(17)18)16-13(19)15-10(4)11-8-7-9(3)20-11/h7-8,10H,5-6H2,1-4H3,(H,17,18)(H2,15,16,19). The first kappa shape index (κ1) is 16.5. The average molecular weight is 298 g/mol. The third-order valence-corrected chi connectivity index (χ3v) is 4.69. The quantitative estimate of drug-likeness (QED) is 0.755. The molecular formula is C14H22N2O3S. The Morgan fingerprint density at radius 2 is 1.95 bits per heavy atom. The van der Waals surface area contributed by atoms with Crippen molar-refractivity contribution in [1.29, 1.82) is 0 Å². The van der Waals surface area contributed by atoms with E-state index in [2.05, 4.69) is 10.6 Å². The molecule has 1 rings (SSSR count). The third-order valence-electron chi connectivity index (χ3n) is 3.50. The van der Waals surface area contributed by atoms with E-state index in [0.717, 1.165) is 4.88 Å². The van der Waals surface area contributed by atoms with Crippen LogP contribution in [0.4, 0.5) is 4.79 Å². The lowest BCUT2D eigenvalue weighted by molar-refractivity contribution is -0.144. The average Bonchev–Trinajstić information content (AvgIpc) is 2.82. The number of carbonyl (C=O) groups excluding carboxylic acids is 1. The molecule has 0 aromatic carbocycles. The normalized spacial score (nSPS) is 12.8. The minimum atomic E-state index is -1.20. The Hall–Kier alpha value is -1.56. The van der Waals surface area contributed by atoms with Crippen molar-refractivity contribution >= 4 is 23.3 Å². The molecule has 5 nitrogen and oxygen atoms in total. The van der Waals surface area contributed by atoms with Crippen molar-refractivity contribution in [3.05, 3.63) is 21.9 Å². The van der Waals surface area contributed by atoms with E-state index in [1.54, 1.807) is 25.2 Å². The molecule has 0 radical (unpaired) electrons. The molecule has 3 N–H and O–H groups in total. The van der Waals surface area contributed by atoms with Gasteiger partial charge in [-0.1, -0.05) is 13.8 Å². The molecule has 20 heavy (non-hydrogen) atoms. The van der Waals surface area contributed by atoms with E-state index in [1.807, 2.05) is 26.0 Å². The van der Waals surface area contributed by atoms with Gasteiger partial charge in [-0.05, 0) is 38.8 Å². The van der Waals surface area contributed by atoms with Gasteiger partial charge in [0.25, 0.3) is 0 Å². The fraction of sp³-hybridized carbons (Fsp3) is 0.571. The fourth-order valence-electron chi connectivity index (χ4n) is 1.99. The number of carboxylic acid groups (broad SMARTS) is 1. The van der Waals surface area contributed by atoms with Gasteiger partial charge in [0.1, 0.15) is 5.54 Å². The van der Waals surface area contributed by atoms with Gasteiger partial charge in [0.15, 0.2) is 0 Å². The molecular weight excluding hydrogens is 276 g/mol. The molecule has 1 aromatic heterocycles. The van der Waals surface area contributed by atoms with Crippen molar-refractivity contribution in [3.8, 4) is 0 Å². The fourth-order valence-corrected chi connectivity index (χ4v) is 2.87. The van der Waals surface area contributed by atoms with Crippen LogP contribution in [-0.4, -0.2) is 22.6 Å². The van der Waals surface area contributed by atoms with Gasteiger partial charge in [0.2, 0.25) is 0 Å². The predicted molar refractivity (Wildman–Crippen MR) is 80.1 cm³/mol. The zero-order chi connectivity index (χ0) is 15.3. The highest BCUT2D eigenvalue weighted by Crippen LogP contribution is 2.22. The monoisotopic (exact) mass is 298 g/mol. The second-order valence-corrected chi connectivity index (χ2v) is 6.18. The van der Waals surface area contributed by atoms with Crippen LogP contribution >= 0.6 is 11.3 Å². The van der Waals surface area contributed by atoms with Crippen LogP contribution in [-0.2, 0) is 4.79 Å². The molecule has 1 heterocycles. The molecule has 0 fully saturated rings. The molecule has 6 heteroatoms. The van der Waals surface area contributed by atoms with Crippen molar-refractivity contribution in [1.82, 2.24) is 10.6 Å². The number of hydrogen-bond acceptors (Lipinski definition) is 3. The van der Waals surface area contributed by atoms with E-state index in [4.69, 9.17) is 0 Å². The Labute approximate surface area is 123 Å². The van der Waals surface area contributed by atoms with E-state index in [0.29, 0.717) is 12.8 Å². The van der Waals surface area contributed by atoms with E-state index >= 15 is 0 Å². The molecule has 2 amide bonds. The van der Waals surface area contributed by atoms with Crippen molar-refractivity contribution in [2.24, 2.45) is 0 Å². The van der Waals surface area contributed by atoms with Crippen molar-refractivity contribution in [2.45, 2.75) is 52.1 Å². The number of hydrogen-bond donors (Lipinski definition) is 3. The molecule has 1 aromatic rings. The van der Waals surface area contributed by atoms with Gasteiger partial charge in [-0.25, -0.2) is 9.59 Å². The van der Waals surface area contributed by atoms with Gasteiger partial charge in [-0.15, -0.1) is 11.3 Å². The Bertz CT molecular complexity index is 481. The number of carbonyl (C=O) groups is 2. The Morgan fingerprint density at radius 1 is 1.35 bits per heavy atom. The van der Waals surface area contributed by atoms with E-state index in [1.165, 1.54) is 4.88 Å². The van der Waals surface area contributed by atoms with E-state index in [9.17, 15) is 14.7 Å². The topological polar surface area (TPSA) is 78.4 Å². The first-order valence-corrected chi connectivity index (χ1v) is 7.54. The summed E-state index contributed by atoms with van der Waals surface area (Å²) >= 11 is 1.61. The van der Waals surface area contributed by atoms with Crippen LogP contribution in [0.25, 0.3) is 0 Å². The Balaban J connectivity index is 2.69. The third kappa shape index (κ3) is 3.72. The molecule has 1 unspecified atom stereocenters. The van der Waals surface area contributed by atoms with Crippen molar-refractivity contribution in [2.75, 3.05) is 0 Å². The lowest BCUT2D eigenvalue weighted by atomic mass is 9.93. The summed E-state index contributed by atoms with van der Waals surface area (Å²) in [6, 6.07) is 3.37. The summed E-state index contributed by atoms with van der Waals surface area (Å²) in [6.45, 7) is 7.39. The Kier molecular flexibility index (Phi) is 5.56. The van der Waals surface area contributed by atoms with Crippen molar-refractivity contribution < 1.29 is 14.7 Å². The zero-order valence-corrected chi connectivity index (χ0v) is 13.1. The number of urea groups is 1. The molecule has 0 spiro atoms. The highest BCUT2D eigenvalue weighted by Gasteiger charge is 2.36. The van der Waals surface area contributed by atoms with Crippen LogP contribution in [0, 0.1) is 6.92 Å². The van der Waals surface area contributed by atoms with Crippen LogP contribution < -0.4 is 10.6 Å². The second-order valence-electron chi connectivity index (χ2n) is 4.86. The van der Waals surface area contributed by atoms with Crippen LogP contribution in [0.5, 0.6) is 0 Å². The maximum atomic E-state index is 12.0. The van der Waals surface area contributed by atoms with Crippen molar-refractivity contribution in [3.63, 3.8) is 0 Å². The highest BCUT2D eigenvalue weighted by molar-refractivity contribution is 7.12. The van der Waals surface area contributed by atoms with Crippen LogP contribution in [0.1, 0.15) is 49.4 Å². The molecule has 112 valence electrons. The van der Waals surface area contributed by atoms with Gasteiger partial charge in [-0.3, -0.25) is 0 Å². The number of aliphatic carboxylic acids is 1.